The van der Waals surface area contributed by atoms with Gasteiger partial charge in [-0.25, -0.2) is 8.96 Å². The van der Waals surface area contributed by atoms with Crippen LogP contribution in [0.2, 0.25) is 0 Å². The van der Waals surface area contributed by atoms with Crippen LogP contribution in [0, 0.1) is 0 Å². The Labute approximate surface area is 194 Å². The van der Waals surface area contributed by atoms with Crippen molar-refractivity contribution in [1.29, 1.82) is 0 Å². The molecule has 0 saturated heterocycles. The van der Waals surface area contributed by atoms with Crippen LogP contribution in [0.15, 0.2) is 59.5 Å². The van der Waals surface area contributed by atoms with Crippen LogP contribution in [-0.4, -0.2) is 20.7 Å². The molecule has 9 nitrogen and oxygen atoms in total. The van der Waals surface area contributed by atoms with E-state index in [2.05, 4.69) is 14.8 Å². The molecule has 1 heterocycles. The normalized spacial score (nSPS) is 11.8. The van der Waals surface area contributed by atoms with Gasteiger partial charge in [-0.2, -0.15) is 13.2 Å². The molecule has 186 valence electrons. The molecule has 3 aromatic rings. The Morgan fingerprint density at radius 1 is 1.09 bits per heavy atom. The number of alkyl halides is 4. The van der Waals surface area contributed by atoms with Crippen molar-refractivity contribution in [3.8, 4) is 11.5 Å². The molecule has 0 aliphatic heterocycles. The maximum atomic E-state index is 13.7. The summed E-state index contributed by atoms with van der Waals surface area (Å²) in [6.07, 6.45) is -3.80. The first-order valence-corrected chi connectivity index (χ1v) is 11.2. The fourth-order valence-corrected chi connectivity index (χ4v) is 3.22. The molecule has 0 aliphatic rings. The number of para-hydroxylation sites is 1. The van der Waals surface area contributed by atoms with Gasteiger partial charge in [-0.1, -0.05) is 18.2 Å². The predicted molar refractivity (Wildman–Crippen MR) is 115 cm³/mol. The lowest BCUT2D eigenvalue weighted by molar-refractivity contribution is -0.138. The highest BCUT2D eigenvalue weighted by Crippen LogP contribution is 2.41. The number of aromatic nitrogens is 1. The van der Waals surface area contributed by atoms with Gasteiger partial charge in [0.1, 0.15) is 12.4 Å². The number of ether oxygens (including phenoxy) is 1. The first-order chi connectivity index (χ1) is 16.4. The third-order valence-corrected chi connectivity index (χ3v) is 5.02. The molecule has 3 rings (SSSR count). The van der Waals surface area contributed by atoms with Crippen molar-refractivity contribution in [2.24, 2.45) is 0 Å². The van der Waals surface area contributed by atoms with Gasteiger partial charge in [0.25, 0.3) is 11.5 Å². The van der Waals surface area contributed by atoms with E-state index >= 15 is 0 Å². The standard InChI is InChI=1S/C21H17F4N2O7P/c22-10-12-4-6-13(7-5-12)34-18-14(2-1-3-16(18)21(23,24)25)20(29)27-17-8-9-26-19(28)15(17)11-33-35(30,31)32/h1-9H,10-11H2,(H2,30,31,32)(H2,26,27,28,29). The van der Waals surface area contributed by atoms with E-state index in [1.165, 1.54) is 24.3 Å². The van der Waals surface area contributed by atoms with Crippen molar-refractivity contribution < 1.29 is 46.0 Å². The zero-order valence-electron chi connectivity index (χ0n) is 17.5. The quantitative estimate of drug-likeness (QED) is 0.255. The molecule has 2 aromatic carbocycles. The Bertz CT molecular complexity index is 1320. The number of aromatic amines is 1. The number of hydrogen-bond acceptors (Lipinski definition) is 5. The lowest BCUT2D eigenvalue weighted by Gasteiger charge is -2.18. The van der Waals surface area contributed by atoms with Crippen LogP contribution >= 0.6 is 7.82 Å². The van der Waals surface area contributed by atoms with Crippen LogP contribution in [-0.2, 0) is 28.5 Å². The van der Waals surface area contributed by atoms with Gasteiger partial charge in [-0.15, -0.1) is 0 Å². The summed E-state index contributed by atoms with van der Waals surface area (Å²) in [5.41, 5.74) is -3.07. The molecule has 0 bridgehead atoms. The number of amides is 1. The Morgan fingerprint density at radius 3 is 2.37 bits per heavy atom. The summed E-state index contributed by atoms with van der Waals surface area (Å²) in [6, 6.07) is 8.96. The number of benzene rings is 2. The zero-order chi connectivity index (χ0) is 25.8. The van der Waals surface area contributed by atoms with Gasteiger partial charge in [-0.3, -0.25) is 14.1 Å². The molecule has 1 aromatic heterocycles. The van der Waals surface area contributed by atoms with Gasteiger partial charge >= 0.3 is 14.0 Å². The van der Waals surface area contributed by atoms with Crippen LogP contribution in [0.25, 0.3) is 0 Å². The van der Waals surface area contributed by atoms with E-state index < -0.39 is 55.6 Å². The minimum atomic E-state index is -4.98. The number of phosphoric acid groups is 1. The highest BCUT2D eigenvalue weighted by Gasteiger charge is 2.36. The van der Waals surface area contributed by atoms with Crippen LogP contribution in [0.4, 0.5) is 23.2 Å². The van der Waals surface area contributed by atoms with E-state index in [1.54, 1.807) is 0 Å². The Balaban J connectivity index is 2.00. The molecule has 0 unspecified atom stereocenters. The minimum absolute atomic E-state index is 0.0974. The second-order valence-corrected chi connectivity index (χ2v) is 8.22. The van der Waals surface area contributed by atoms with Crippen molar-refractivity contribution in [3.05, 3.63) is 87.3 Å². The lowest BCUT2D eigenvalue weighted by atomic mass is 10.1. The second kappa shape index (κ2) is 10.4. The summed E-state index contributed by atoms with van der Waals surface area (Å²) in [6.45, 7) is -1.69. The summed E-state index contributed by atoms with van der Waals surface area (Å²) in [5.74, 6) is -2.06. The number of carbonyl (C=O) groups is 1. The molecule has 0 atom stereocenters. The molecule has 35 heavy (non-hydrogen) atoms. The SMILES string of the molecule is O=C(Nc1cc[nH]c(=O)c1COP(=O)(O)O)c1cccc(C(F)(F)F)c1Oc1ccc(CF)cc1. The average molecular weight is 516 g/mol. The van der Waals surface area contributed by atoms with Crippen molar-refractivity contribution in [3.63, 3.8) is 0 Å². The number of phosphoric ester groups is 1. The molecule has 0 aliphatic carbocycles. The number of nitrogens with one attached hydrogen (secondary N) is 2. The second-order valence-electron chi connectivity index (χ2n) is 6.98. The highest BCUT2D eigenvalue weighted by atomic mass is 31.2. The summed E-state index contributed by atoms with van der Waals surface area (Å²) < 4.78 is 74.4. The third kappa shape index (κ3) is 6.76. The van der Waals surface area contributed by atoms with Crippen molar-refractivity contribution in [1.82, 2.24) is 4.98 Å². The number of pyridine rings is 1. The van der Waals surface area contributed by atoms with Crippen LogP contribution < -0.4 is 15.6 Å². The number of hydrogen-bond donors (Lipinski definition) is 4. The molecular formula is C21H17F4N2O7P. The first kappa shape index (κ1) is 26.1. The van der Waals surface area contributed by atoms with Crippen molar-refractivity contribution >= 4 is 19.4 Å². The van der Waals surface area contributed by atoms with E-state index in [1.807, 2.05) is 0 Å². The Hall–Kier alpha value is -3.51. The Kier molecular flexibility index (Phi) is 7.76. The molecule has 1 amide bonds. The zero-order valence-corrected chi connectivity index (χ0v) is 18.4. The van der Waals surface area contributed by atoms with Gasteiger partial charge in [0.15, 0.2) is 5.75 Å². The molecule has 14 heteroatoms. The first-order valence-electron chi connectivity index (χ1n) is 9.64. The highest BCUT2D eigenvalue weighted by molar-refractivity contribution is 7.46. The van der Waals surface area contributed by atoms with Gasteiger partial charge in [-0.05, 0) is 35.9 Å². The van der Waals surface area contributed by atoms with E-state index in [4.69, 9.17) is 14.5 Å². The van der Waals surface area contributed by atoms with Crippen molar-refractivity contribution in [2.75, 3.05) is 5.32 Å². The van der Waals surface area contributed by atoms with Gasteiger partial charge < -0.3 is 24.8 Å². The van der Waals surface area contributed by atoms with Crippen LogP contribution in [0.3, 0.4) is 0 Å². The number of rotatable bonds is 8. The number of carbonyl (C=O) groups excluding carboxylic acids is 1. The summed E-state index contributed by atoms with van der Waals surface area (Å²) in [5, 5.41) is 2.24. The molecular weight excluding hydrogens is 499 g/mol. The van der Waals surface area contributed by atoms with Crippen LogP contribution in [0.5, 0.6) is 11.5 Å². The van der Waals surface area contributed by atoms with Gasteiger partial charge in [0.2, 0.25) is 0 Å². The van der Waals surface area contributed by atoms with E-state index in [0.29, 0.717) is 6.07 Å². The van der Waals surface area contributed by atoms with E-state index in [-0.39, 0.29) is 22.6 Å². The summed E-state index contributed by atoms with van der Waals surface area (Å²) >= 11 is 0. The molecule has 4 N–H and O–H groups in total. The fourth-order valence-electron chi connectivity index (χ4n) is 2.92. The topological polar surface area (TPSA) is 138 Å². The van der Waals surface area contributed by atoms with Gasteiger partial charge in [0.05, 0.1) is 29.0 Å². The van der Waals surface area contributed by atoms with E-state index in [9.17, 15) is 31.7 Å². The number of anilines is 1. The summed E-state index contributed by atoms with van der Waals surface area (Å²) in [4.78, 5) is 45.0. The predicted octanol–water partition coefficient (Wildman–Crippen LogP) is 4.52. The fraction of sp³-hybridized carbons (Fsp3) is 0.143. The molecule has 0 saturated carbocycles. The minimum Gasteiger partial charge on any atom is -0.456 e. The van der Waals surface area contributed by atoms with Gasteiger partial charge in [0, 0.05) is 6.20 Å². The Morgan fingerprint density at radius 2 is 1.77 bits per heavy atom. The third-order valence-electron chi connectivity index (χ3n) is 4.55. The molecule has 0 fully saturated rings. The molecule has 0 spiro atoms. The average Bonchev–Trinajstić information content (AvgIpc) is 2.78. The number of halogens is 4. The monoisotopic (exact) mass is 516 g/mol. The smallest absolute Gasteiger partial charge is 0.456 e. The van der Waals surface area contributed by atoms with Crippen LogP contribution in [0.1, 0.15) is 27.0 Å². The maximum Gasteiger partial charge on any atom is 0.469 e. The lowest BCUT2D eigenvalue weighted by Crippen LogP contribution is -2.21. The summed E-state index contributed by atoms with van der Waals surface area (Å²) in [7, 11) is -4.98. The maximum absolute atomic E-state index is 13.7. The van der Waals surface area contributed by atoms with E-state index in [0.717, 1.165) is 24.4 Å². The number of H-pyrrole nitrogens is 1. The largest absolute Gasteiger partial charge is 0.469 e. The molecule has 0 radical (unpaired) electrons. The van der Waals surface area contributed by atoms with Crippen molar-refractivity contribution in [2.45, 2.75) is 19.5 Å².